The number of hydrogen-bond donors (Lipinski definition) is 0. The molecule has 80 valence electrons. The van der Waals surface area contributed by atoms with Gasteiger partial charge in [-0.3, -0.25) is 4.94 Å². The highest BCUT2D eigenvalue weighted by molar-refractivity contribution is 5.90. The number of rotatable bonds is 3. The largest absolute Gasteiger partial charge is 0.418 e. The second-order valence-electron chi connectivity index (χ2n) is 2.89. The van der Waals surface area contributed by atoms with Crippen LogP contribution in [0.5, 0.6) is 0 Å². The van der Waals surface area contributed by atoms with Crippen molar-refractivity contribution in [3.8, 4) is 0 Å². The molecule has 0 saturated heterocycles. The number of alkyl halides is 2. The number of carbonyl (C=O) groups is 2. The molecule has 0 aromatic heterocycles. The molecule has 0 spiro atoms. The van der Waals surface area contributed by atoms with E-state index in [1.54, 1.807) is 0 Å². The molecule has 0 bridgehead atoms. The Hall–Kier alpha value is -1.34. The Labute approximate surface area is 74.6 Å². The SMILES string of the molecule is O=C(OF)C(F)(F)C1(C(=O)OF)CC1. The number of carbonyl (C=O) groups excluding carboxylic acids is 2. The Morgan fingerprint density at radius 3 is 1.93 bits per heavy atom. The first kappa shape index (κ1) is 10.7. The lowest BCUT2D eigenvalue weighted by Gasteiger charge is -2.18. The first-order valence-corrected chi connectivity index (χ1v) is 3.46. The van der Waals surface area contributed by atoms with Gasteiger partial charge in [0.2, 0.25) is 0 Å². The van der Waals surface area contributed by atoms with Gasteiger partial charge in [0.05, 0.1) is 0 Å². The Bertz CT molecular complexity index is 257. The monoisotopic (exact) mass is 216 g/mol. The molecule has 0 N–H and O–H groups in total. The number of hydrogen-bond acceptors (Lipinski definition) is 4. The fraction of sp³-hybridized carbons (Fsp3) is 0.667. The van der Waals surface area contributed by atoms with Crippen LogP contribution in [0.4, 0.5) is 17.8 Å². The zero-order valence-corrected chi connectivity index (χ0v) is 6.56. The molecule has 8 heteroatoms. The van der Waals surface area contributed by atoms with E-state index in [-0.39, 0.29) is 0 Å². The van der Waals surface area contributed by atoms with Crippen molar-refractivity contribution in [1.82, 2.24) is 0 Å². The van der Waals surface area contributed by atoms with Crippen molar-refractivity contribution >= 4 is 11.9 Å². The summed E-state index contributed by atoms with van der Waals surface area (Å²) < 4.78 is 48.5. The third-order valence-electron chi connectivity index (χ3n) is 2.14. The zero-order chi connectivity index (χ0) is 11.0. The van der Waals surface area contributed by atoms with Crippen molar-refractivity contribution in [2.75, 3.05) is 0 Å². The van der Waals surface area contributed by atoms with Gasteiger partial charge in [0.1, 0.15) is 5.41 Å². The molecule has 0 aliphatic heterocycles. The van der Waals surface area contributed by atoms with Gasteiger partial charge in [-0.1, -0.05) is 0 Å². The lowest BCUT2D eigenvalue weighted by molar-refractivity contribution is -0.232. The molecule has 0 aromatic carbocycles. The predicted octanol–water partition coefficient (Wildman–Crippen LogP) is 1.26. The molecule has 0 aromatic rings. The van der Waals surface area contributed by atoms with E-state index in [1.165, 1.54) is 0 Å². The molecule has 0 atom stereocenters. The first-order valence-electron chi connectivity index (χ1n) is 3.46. The van der Waals surface area contributed by atoms with E-state index >= 15 is 0 Å². The summed E-state index contributed by atoms with van der Waals surface area (Å²) in [5, 5.41) is 0. The fourth-order valence-electron chi connectivity index (χ4n) is 1.09. The van der Waals surface area contributed by atoms with Gasteiger partial charge in [-0.2, -0.15) is 8.78 Å². The van der Waals surface area contributed by atoms with E-state index in [4.69, 9.17) is 0 Å². The van der Waals surface area contributed by atoms with Crippen LogP contribution >= 0.6 is 0 Å². The summed E-state index contributed by atoms with van der Waals surface area (Å²) in [7, 11) is 0. The fourth-order valence-corrected chi connectivity index (χ4v) is 1.09. The van der Waals surface area contributed by atoms with Crippen LogP contribution in [0.15, 0.2) is 0 Å². The van der Waals surface area contributed by atoms with E-state index in [2.05, 4.69) is 9.88 Å². The second kappa shape index (κ2) is 3.10. The van der Waals surface area contributed by atoms with E-state index in [0.29, 0.717) is 0 Å². The van der Waals surface area contributed by atoms with Crippen LogP contribution in [0.2, 0.25) is 0 Å². The van der Waals surface area contributed by atoms with Crippen LogP contribution in [0, 0.1) is 5.41 Å². The third kappa shape index (κ3) is 1.21. The normalized spacial score (nSPS) is 18.6. The molecule has 1 aliphatic rings. The summed E-state index contributed by atoms with van der Waals surface area (Å²) in [5.41, 5.74) is -2.61. The molecular weight excluding hydrogens is 212 g/mol. The van der Waals surface area contributed by atoms with Crippen LogP contribution in [-0.4, -0.2) is 17.9 Å². The number of halogens is 4. The molecule has 0 amide bonds. The van der Waals surface area contributed by atoms with Crippen LogP contribution in [-0.2, 0) is 19.5 Å². The van der Waals surface area contributed by atoms with Crippen molar-refractivity contribution < 1.29 is 37.3 Å². The van der Waals surface area contributed by atoms with Gasteiger partial charge >= 0.3 is 17.9 Å². The molecule has 1 aliphatic carbocycles. The lowest BCUT2D eigenvalue weighted by Crippen LogP contribution is -2.44. The van der Waals surface area contributed by atoms with Crippen molar-refractivity contribution in [1.29, 1.82) is 0 Å². The van der Waals surface area contributed by atoms with Gasteiger partial charge in [-0.25, -0.2) is 14.5 Å². The van der Waals surface area contributed by atoms with E-state index < -0.39 is 36.1 Å². The molecule has 14 heavy (non-hydrogen) atoms. The second-order valence-corrected chi connectivity index (χ2v) is 2.89. The average molecular weight is 216 g/mol. The Morgan fingerprint density at radius 1 is 1.14 bits per heavy atom. The van der Waals surface area contributed by atoms with E-state index in [1.807, 2.05) is 0 Å². The maximum absolute atomic E-state index is 12.9. The molecule has 0 heterocycles. The summed E-state index contributed by atoms with van der Waals surface area (Å²) in [5.74, 6) is -8.83. The topological polar surface area (TPSA) is 52.6 Å². The Morgan fingerprint density at radius 2 is 1.64 bits per heavy atom. The van der Waals surface area contributed by atoms with Gasteiger partial charge in [-0.15, -0.1) is 0 Å². The van der Waals surface area contributed by atoms with Gasteiger partial charge in [0.25, 0.3) is 0 Å². The predicted molar refractivity (Wildman–Crippen MR) is 31.0 cm³/mol. The highest BCUT2D eigenvalue weighted by Gasteiger charge is 2.74. The molecular formula is C6H4F4O4. The highest BCUT2D eigenvalue weighted by Crippen LogP contribution is 2.58. The average Bonchev–Trinajstić information content (AvgIpc) is 2.96. The summed E-state index contributed by atoms with van der Waals surface area (Å²) >= 11 is 0. The highest BCUT2D eigenvalue weighted by atomic mass is 19.3. The maximum Gasteiger partial charge on any atom is 0.418 e. The standard InChI is InChI=1S/C6H4F4O4/c7-6(8,4(12)14-10)5(1-2-5)3(11)13-9/h1-2H2. The van der Waals surface area contributed by atoms with Gasteiger partial charge in [0.15, 0.2) is 0 Å². The summed E-state index contributed by atoms with van der Waals surface area (Å²) in [6.45, 7) is 0. The smallest absolute Gasteiger partial charge is 0.254 e. The van der Waals surface area contributed by atoms with Gasteiger partial charge in [-0.05, 0) is 12.8 Å². The summed E-state index contributed by atoms with van der Waals surface area (Å²) in [6.07, 6.45) is -0.921. The van der Waals surface area contributed by atoms with Crippen molar-refractivity contribution in [3.63, 3.8) is 0 Å². The molecule has 1 fully saturated rings. The van der Waals surface area contributed by atoms with Gasteiger partial charge < -0.3 is 0 Å². The summed E-state index contributed by atoms with van der Waals surface area (Å²) in [6, 6.07) is 0. The first-order chi connectivity index (χ1) is 6.42. The Balaban J connectivity index is 2.92. The third-order valence-corrected chi connectivity index (χ3v) is 2.14. The lowest BCUT2D eigenvalue weighted by atomic mass is 9.98. The van der Waals surface area contributed by atoms with Crippen molar-refractivity contribution in [2.45, 2.75) is 18.8 Å². The minimum absolute atomic E-state index is 0.460. The molecule has 0 unspecified atom stereocenters. The minimum Gasteiger partial charge on any atom is -0.254 e. The molecule has 1 rings (SSSR count). The van der Waals surface area contributed by atoms with E-state index in [9.17, 15) is 27.4 Å². The van der Waals surface area contributed by atoms with Crippen LogP contribution in [0.25, 0.3) is 0 Å². The maximum atomic E-state index is 12.9. The van der Waals surface area contributed by atoms with Gasteiger partial charge in [0, 0.05) is 9.05 Å². The van der Waals surface area contributed by atoms with Crippen molar-refractivity contribution in [3.05, 3.63) is 0 Å². The minimum atomic E-state index is -4.41. The van der Waals surface area contributed by atoms with Crippen LogP contribution in [0.1, 0.15) is 12.8 Å². The van der Waals surface area contributed by atoms with Crippen LogP contribution in [0.3, 0.4) is 0 Å². The quantitative estimate of drug-likeness (QED) is 0.666. The molecule has 0 radical (unpaired) electrons. The zero-order valence-electron chi connectivity index (χ0n) is 6.56. The van der Waals surface area contributed by atoms with E-state index in [0.717, 1.165) is 0 Å². The Kier molecular flexibility index (Phi) is 2.38. The van der Waals surface area contributed by atoms with Crippen molar-refractivity contribution in [2.24, 2.45) is 5.41 Å². The molecule has 4 nitrogen and oxygen atoms in total. The summed E-state index contributed by atoms with van der Waals surface area (Å²) in [4.78, 5) is 25.7. The molecule has 1 saturated carbocycles. The van der Waals surface area contributed by atoms with Crippen LogP contribution < -0.4 is 0 Å².